The van der Waals surface area contributed by atoms with Gasteiger partial charge in [0.15, 0.2) is 0 Å². The first-order chi connectivity index (χ1) is 12.2. The van der Waals surface area contributed by atoms with Crippen molar-refractivity contribution in [3.63, 3.8) is 0 Å². The summed E-state index contributed by atoms with van der Waals surface area (Å²) in [6.45, 7) is 2.74. The van der Waals surface area contributed by atoms with Crippen LogP contribution in [0.25, 0.3) is 0 Å². The van der Waals surface area contributed by atoms with Crippen molar-refractivity contribution >= 4 is 17.5 Å². The highest BCUT2D eigenvalue weighted by atomic mass is 16.5. The van der Waals surface area contributed by atoms with Gasteiger partial charge in [-0.3, -0.25) is 9.59 Å². The molecule has 2 N–H and O–H groups in total. The Bertz CT molecular complexity index is 545. The average Bonchev–Trinajstić information content (AvgIpc) is 2.61. The molecule has 0 spiro atoms. The minimum absolute atomic E-state index is 0.0985. The third kappa shape index (κ3) is 7.13. The lowest BCUT2D eigenvalue weighted by molar-refractivity contribution is -0.136. The van der Waals surface area contributed by atoms with E-state index in [0.29, 0.717) is 26.1 Å². The Balaban J connectivity index is 1.74. The highest BCUT2D eigenvalue weighted by Crippen LogP contribution is 2.12. The number of rotatable bonds is 8. The highest BCUT2D eigenvalue weighted by Gasteiger charge is 2.18. The fraction of sp³-hybridized carbons (Fsp3) is 0.579. The van der Waals surface area contributed by atoms with E-state index in [9.17, 15) is 9.59 Å². The lowest BCUT2D eigenvalue weighted by Crippen LogP contribution is -2.41. The third-order valence-corrected chi connectivity index (χ3v) is 4.33. The summed E-state index contributed by atoms with van der Waals surface area (Å²) in [4.78, 5) is 25.9. The van der Waals surface area contributed by atoms with Gasteiger partial charge in [-0.25, -0.2) is 0 Å². The van der Waals surface area contributed by atoms with Crippen LogP contribution in [0.1, 0.15) is 37.7 Å². The number of benzene rings is 1. The molecule has 138 valence electrons. The van der Waals surface area contributed by atoms with Gasteiger partial charge < -0.3 is 20.3 Å². The SMILES string of the molecule is COCCNc1ccc(CNC(=O)CN2CCCCCCC2=O)cc1. The van der Waals surface area contributed by atoms with Crippen LogP contribution in [0.3, 0.4) is 0 Å². The molecule has 0 aliphatic carbocycles. The van der Waals surface area contributed by atoms with Gasteiger partial charge in [-0.05, 0) is 30.5 Å². The predicted octanol–water partition coefficient (Wildman–Crippen LogP) is 2.15. The maximum Gasteiger partial charge on any atom is 0.239 e. The Hall–Kier alpha value is -2.08. The van der Waals surface area contributed by atoms with Crippen LogP contribution >= 0.6 is 0 Å². The normalized spacial score (nSPS) is 15.4. The molecule has 0 unspecified atom stereocenters. The Morgan fingerprint density at radius 3 is 2.68 bits per heavy atom. The molecule has 1 aromatic rings. The fourth-order valence-electron chi connectivity index (χ4n) is 2.85. The van der Waals surface area contributed by atoms with E-state index in [-0.39, 0.29) is 18.4 Å². The molecule has 0 bridgehead atoms. The molecule has 0 radical (unpaired) electrons. The molecule has 2 amide bonds. The zero-order chi connectivity index (χ0) is 17.9. The maximum absolute atomic E-state index is 12.1. The van der Waals surface area contributed by atoms with Gasteiger partial charge in [0.2, 0.25) is 11.8 Å². The zero-order valence-corrected chi connectivity index (χ0v) is 15.1. The Morgan fingerprint density at radius 2 is 1.92 bits per heavy atom. The first-order valence-electron chi connectivity index (χ1n) is 9.05. The van der Waals surface area contributed by atoms with Crippen molar-refractivity contribution in [2.45, 2.75) is 38.6 Å². The minimum atomic E-state index is -0.101. The monoisotopic (exact) mass is 347 g/mol. The second kappa shape index (κ2) is 10.7. The van der Waals surface area contributed by atoms with Crippen LogP contribution in [-0.2, 0) is 20.9 Å². The molecule has 0 aromatic heterocycles. The van der Waals surface area contributed by atoms with Crippen LogP contribution in [0.4, 0.5) is 5.69 Å². The molecule has 0 saturated carbocycles. The van der Waals surface area contributed by atoms with Crippen molar-refractivity contribution in [3.8, 4) is 0 Å². The Labute approximate surface area is 149 Å². The molecule has 6 heteroatoms. The van der Waals surface area contributed by atoms with Crippen LogP contribution in [0.2, 0.25) is 0 Å². The van der Waals surface area contributed by atoms with Gasteiger partial charge in [-0.2, -0.15) is 0 Å². The largest absolute Gasteiger partial charge is 0.383 e. The number of nitrogens with zero attached hydrogens (tertiary/aromatic N) is 1. The molecule has 1 aliphatic heterocycles. The molecule has 1 saturated heterocycles. The highest BCUT2D eigenvalue weighted by molar-refractivity contribution is 5.84. The second-order valence-corrected chi connectivity index (χ2v) is 6.37. The summed E-state index contributed by atoms with van der Waals surface area (Å²) in [5.41, 5.74) is 2.06. The number of likely N-dealkylation sites (tertiary alicyclic amines) is 1. The molecule has 0 atom stereocenters. The van der Waals surface area contributed by atoms with Crippen LogP contribution in [0, 0.1) is 0 Å². The summed E-state index contributed by atoms with van der Waals surface area (Å²) in [6.07, 6.45) is 4.72. The van der Waals surface area contributed by atoms with E-state index in [1.165, 1.54) is 0 Å². The minimum Gasteiger partial charge on any atom is -0.383 e. The van der Waals surface area contributed by atoms with Crippen LogP contribution in [0.15, 0.2) is 24.3 Å². The Morgan fingerprint density at radius 1 is 1.16 bits per heavy atom. The van der Waals surface area contributed by atoms with Crippen molar-refractivity contribution in [2.75, 3.05) is 38.7 Å². The van der Waals surface area contributed by atoms with Gasteiger partial charge in [-0.15, -0.1) is 0 Å². The molecule has 25 heavy (non-hydrogen) atoms. The summed E-state index contributed by atoms with van der Waals surface area (Å²) >= 11 is 0. The molecular weight excluding hydrogens is 318 g/mol. The van der Waals surface area contributed by atoms with E-state index in [1.54, 1.807) is 12.0 Å². The Kier molecular flexibility index (Phi) is 8.25. The van der Waals surface area contributed by atoms with Gasteiger partial charge in [0.25, 0.3) is 0 Å². The molecular formula is C19H29N3O3. The standard InChI is InChI=1S/C19H29N3O3/c1-25-13-11-20-17-9-7-16(8-10-17)14-21-18(23)15-22-12-5-3-2-4-6-19(22)24/h7-10,20H,2-6,11-15H2,1H3,(H,21,23). The third-order valence-electron chi connectivity index (χ3n) is 4.33. The predicted molar refractivity (Wildman–Crippen MR) is 98.3 cm³/mol. The summed E-state index contributed by atoms with van der Waals surface area (Å²) in [5.74, 6) is -0.00226. The lowest BCUT2D eigenvalue weighted by Gasteiger charge is -2.24. The van der Waals surface area contributed by atoms with Gasteiger partial charge in [0.1, 0.15) is 0 Å². The van der Waals surface area contributed by atoms with Crippen molar-refractivity contribution in [1.82, 2.24) is 10.2 Å². The lowest BCUT2D eigenvalue weighted by atomic mass is 10.1. The molecule has 1 fully saturated rings. The van der Waals surface area contributed by atoms with Gasteiger partial charge >= 0.3 is 0 Å². The van der Waals surface area contributed by atoms with Crippen LogP contribution < -0.4 is 10.6 Å². The molecule has 1 heterocycles. The van der Waals surface area contributed by atoms with E-state index < -0.39 is 0 Å². The van der Waals surface area contributed by atoms with E-state index in [4.69, 9.17) is 4.74 Å². The quantitative estimate of drug-likeness (QED) is 0.707. The van der Waals surface area contributed by atoms with E-state index >= 15 is 0 Å². The number of carbonyl (C=O) groups excluding carboxylic acids is 2. The van der Waals surface area contributed by atoms with Crippen molar-refractivity contribution in [1.29, 1.82) is 0 Å². The number of anilines is 1. The smallest absolute Gasteiger partial charge is 0.239 e. The number of nitrogens with one attached hydrogen (secondary N) is 2. The number of ether oxygens (including phenoxy) is 1. The number of methoxy groups -OCH3 is 1. The second-order valence-electron chi connectivity index (χ2n) is 6.37. The fourth-order valence-corrected chi connectivity index (χ4v) is 2.85. The first-order valence-corrected chi connectivity index (χ1v) is 9.05. The molecule has 2 rings (SSSR count). The summed E-state index contributed by atoms with van der Waals surface area (Å²) in [7, 11) is 1.67. The summed E-state index contributed by atoms with van der Waals surface area (Å²) in [6, 6.07) is 7.94. The van der Waals surface area contributed by atoms with Crippen molar-refractivity contribution in [2.24, 2.45) is 0 Å². The van der Waals surface area contributed by atoms with E-state index in [1.807, 2.05) is 24.3 Å². The molecule has 1 aliphatic rings. The summed E-state index contributed by atoms with van der Waals surface area (Å²) in [5, 5.41) is 6.15. The molecule has 1 aromatic carbocycles. The van der Waals surface area contributed by atoms with Crippen molar-refractivity contribution in [3.05, 3.63) is 29.8 Å². The number of hydrogen-bond acceptors (Lipinski definition) is 4. The summed E-state index contributed by atoms with van der Waals surface area (Å²) < 4.78 is 5.00. The first kappa shape index (κ1) is 19.2. The topological polar surface area (TPSA) is 70.7 Å². The number of carbonyl (C=O) groups is 2. The van der Waals surface area contributed by atoms with E-state index in [0.717, 1.165) is 43.5 Å². The maximum atomic E-state index is 12.1. The van der Waals surface area contributed by atoms with E-state index in [2.05, 4.69) is 10.6 Å². The molecule has 6 nitrogen and oxygen atoms in total. The van der Waals surface area contributed by atoms with Gasteiger partial charge in [-0.1, -0.05) is 25.0 Å². The van der Waals surface area contributed by atoms with Gasteiger partial charge in [0.05, 0.1) is 13.2 Å². The zero-order valence-electron chi connectivity index (χ0n) is 15.1. The van der Waals surface area contributed by atoms with Gasteiger partial charge in [0, 0.05) is 38.9 Å². The van der Waals surface area contributed by atoms with Crippen LogP contribution in [-0.4, -0.2) is 50.1 Å². The van der Waals surface area contributed by atoms with Crippen molar-refractivity contribution < 1.29 is 14.3 Å². The number of amides is 2. The average molecular weight is 347 g/mol. The number of hydrogen-bond donors (Lipinski definition) is 2. The van der Waals surface area contributed by atoms with Crippen LogP contribution in [0.5, 0.6) is 0 Å².